The van der Waals surface area contributed by atoms with Crippen molar-refractivity contribution < 1.29 is 4.79 Å². The average molecular weight is 255 g/mol. The summed E-state index contributed by atoms with van der Waals surface area (Å²) in [5, 5.41) is 8.15. The number of hydrogen-bond acceptors (Lipinski definition) is 3. The molecule has 1 heterocycles. The minimum absolute atomic E-state index is 0.432. The molecule has 1 saturated carbocycles. The third-order valence-corrected chi connectivity index (χ3v) is 3.93. The van der Waals surface area contributed by atoms with E-state index in [4.69, 9.17) is 0 Å². The van der Waals surface area contributed by atoms with Gasteiger partial charge in [-0.05, 0) is 37.0 Å². The zero-order chi connectivity index (χ0) is 13.2. The Morgan fingerprint density at radius 2 is 2.05 bits per heavy atom. The molecule has 0 radical (unpaired) electrons. The van der Waals surface area contributed by atoms with Gasteiger partial charge in [0, 0.05) is 5.92 Å². The van der Waals surface area contributed by atoms with Gasteiger partial charge in [0.2, 0.25) is 0 Å². The van der Waals surface area contributed by atoms with E-state index < -0.39 is 0 Å². The quantitative estimate of drug-likeness (QED) is 0.789. The lowest BCUT2D eigenvalue weighted by Gasteiger charge is -2.26. The van der Waals surface area contributed by atoms with Gasteiger partial charge in [-0.1, -0.05) is 30.7 Å². The summed E-state index contributed by atoms with van der Waals surface area (Å²) < 4.78 is 1.83. The SMILES string of the molecule is CCc1ccc(-n2nnc(C=O)c2C2CCC2)cc1. The molecule has 98 valence electrons. The van der Waals surface area contributed by atoms with E-state index in [0.717, 1.165) is 36.9 Å². The number of benzene rings is 1. The third kappa shape index (κ3) is 2.07. The van der Waals surface area contributed by atoms with Crippen LogP contribution in [-0.2, 0) is 6.42 Å². The molecule has 4 heteroatoms. The molecule has 0 amide bonds. The lowest BCUT2D eigenvalue weighted by atomic mass is 9.82. The van der Waals surface area contributed by atoms with Crippen molar-refractivity contribution in [3.8, 4) is 5.69 Å². The minimum Gasteiger partial charge on any atom is -0.296 e. The maximum atomic E-state index is 11.1. The Morgan fingerprint density at radius 3 is 2.58 bits per heavy atom. The topological polar surface area (TPSA) is 47.8 Å². The highest BCUT2D eigenvalue weighted by Gasteiger charge is 2.28. The van der Waals surface area contributed by atoms with E-state index in [1.165, 1.54) is 12.0 Å². The Hall–Kier alpha value is -1.97. The molecule has 1 aromatic carbocycles. The Balaban J connectivity index is 2.03. The van der Waals surface area contributed by atoms with E-state index in [1.54, 1.807) is 0 Å². The second kappa shape index (κ2) is 4.96. The van der Waals surface area contributed by atoms with Gasteiger partial charge in [0.05, 0.1) is 11.4 Å². The van der Waals surface area contributed by atoms with Crippen molar-refractivity contribution in [3.05, 3.63) is 41.2 Å². The Bertz CT molecular complexity index is 582. The lowest BCUT2D eigenvalue weighted by Crippen LogP contribution is -2.15. The highest BCUT2D eigenvalue weighted by atomic mass is 16.1. The molecular weight excluding hydrogens is 238 g/mol. The van der Waals surface area contributed by atoms with Gasteiger partial charge >= 0.3 is 0 Å². The highest BCUT2D eigenvalue weighted by Crippen LogP contribution is 2.37. The van der Waals surface area contributed by atoms with Gasteiger partial charge in [0.1, 0.15) is 5.69 Å². The molecule has 0 N–H and O–H groups in total. The van der Waals surface area contributed by atoms with Crippen LogP contribution in [0.4, 0.5) is 0 Å². The molecule has 0 bridgehead atoms. The predicted octanol–water partition coefficient (Wildman–Crippen LogP) is 2.91. The fourth-order valence-corrected chi connectivity index (χ4v) is 2.51. The van der Waals surface area contributed by atoms with Crippen LogP contribution in [0, 0.1) is 0 Å². The summed E-state index contributed by atoms with van der Waals surface area (Å²) in [6.07, 6.45) is 5.32. The molecule has 4 nitrogen and oxygen atoms in total. The van der Waals surface area contributed by atoms with Crippen LogP contribution >= 0.6 is 0 Å². The maximum absolute atomic E-state index is 11.1. The second-order valence-electron chi connectivity index (χ2n) is 5.04. The molecule has 1 aliphatic rings. The molecule has 0 unspecified atom stereocenters. The molecule has 19 heavy (non-hydrogen) atoms. The first-order valence-corrected chi connectivity index (χ1v) is 6.83. The van der Waals surface area contributed by atoms with E-state index >= 15 is 0 Å². The first-order chi connectivity index (χ1) is 9.33. The molecule has 0 saturated heterocycles. The zero-order valence-electron chi connectivity index (χ0n) is 11.0. The van der Waals surface area contributed by atoms with E-state index in [9.17, 15) is 4.79 Å². The second-order valence-corrected chi connectivity index (χ2v) is 5.04. The van der Waals surface area contributed by atoms with Crippen molar-refractivity contribution in [3.63, 3.8) is 0 Å². The van der Waals surface area contributed by atoms with E-state index in [-0.39, 0.29) is 0 Å². The number of carbonyl (C=O) groups is 1. The molecule has 0 aliphatic heterocycles. The zero-order valence-corrected chi connectivity index (χ0v) is 11.0. The van der Waals surface area contributed by atoms with Crippen LogP contribution in [0.25, 0.3) is 5.69 Å². The van der Waals surface area contributed by atoms with E-state index in [2.05, 4.69) is 29.4 Å². The monoisotopic (exact) mass is 255 g/mol. The van der Waals surface area contributed by atoms with Crippen LogP contribution in [0.15, 0.2) is 24.3 Å². The summed E-state index contributed by atoms with van der Waals surface area (Å²) in [4.78, 5) is 11.1. The lowest BCUT2D eigenvalue weighted by molar-refractivity contribution is 0.111. The first-order valence-electron chi connectivity index (χ1n) is 6.83. The molecule has 1 aliphatic carbocycles. The van der Waals surface area contributed by atoms with Crippen molar-refractivity contribution in [2.45, 2.75) is 38.5 Å². The number of hydrogen-bond donors (Lipinski definition) is 0. The maximum Gasteiger partial charge on any atom is 0.172 e. The normalized spacial score (nSPS) is 15.2. The van der Waals surface area contributed by atoms with Crippen molar-refractivity contribution in [1.29, 1.82) is 0 Å². The van der Waals surface area contributed by atoms with Crippen LogP contribution < -0.4 is 0 Å². The summed E-state index contributed by atoms with van der Waals surface area (Å²) in [6, 6.07) is 8.29. The van der Waals surface area contributed by atoms with Gasteiger partial charge in [-0.25, -0.2) is 4.68 Å². The third-order valence-electron chi connectivity index (χ3n) is 3.93. The molecule has 3 rings (SSSR count). The fourth-order valence-electron chi connectivity index (χ4n) is 2.51. The van der Waals surface area contributed by atoms with Crippen LogP contribution in [0.2, 0.25) is 0 Å². The van der Waals surface area contributed by atoms with Crippen LogP contribution in [0.1, 0.15) is 53.8 Å². The van der Waals surface area contributed by atoms with Crippen LogP contribution in [0.3, 0.4) is 0 Å². The van der Waals surface area contributed by atoms with Crippen molar-refractivity contribution >= 4 is 6.29 Å². The molecular formula is C15H17N3O. The van der Waals surface area contributed by atoms with Crippen LogP contribution in [-0.4, -0.2) is 21.3 Å². The van der Waals surface area contributed by atoms with Crippen molar-refractivity contribution in [2.75, 3.05) is 0 Å². The highest BCUT2D eigenvalue weighted by molar-refractivity contribution is 5.74. The van der Waals surface area contributed by atoms with Gasteiger partial charge in [-0.2, -0.15) is 0 Å². The number of rotatable bonds is 4. The molecule has 1 fully saturated rings. The predicted molar refractivity (Wildman–Crippen MR) is 72.7 cm³/mol. The van der Waals surface area contributed by atoms with E-state index in [1.807, 2.05) is 16.8 Å². The van der Waals surface area contributed by atoms with Gasteiger partial charge < -0.3 is 0 Å². The fraction of sp³-hybridized carbons (Fsp3) is 0.400. The number of aromatic nitrogens is 3. The Labute approximate surface area is 112 Å². The number of aryl methyl sites for hydroxylation is 1. The number of carbonyl (C=O) groups excluding carboxylic acids is 1. The molecule has 0 atom stereocenters. The molecule has 0 spiro atoms. The summed E-state index contributed by atoms with van der Waals surface area (Å²) in [5.74, 6) is 0.432. The molecule has 2 aromatic rings. The summed E-state index contributed by atoms with van der Waals surface area (Å²) in [6.45, 7) is 2.13. The summed E-state index contributed by atoms with van der Waals surface area (Å²) in [5.41, 5.74) is 3.75. The Morgan fingerprint density at radius 1 is 1.32 bits per heavy atom. The van der Waals surface area contributed by atoms with Gasteiger partial charge in [-0.15, -0.1) is 5.10 Å². The number of aldehydes is 1. The summed E-state index contributed by atoms with van der Waals surface area (Å²) in [7, 11) is 0. The number of nitrogens with zero attached hydrogens (tertiary/aromatic N) is 3. The minimum atomic E-state index is 0.432. The van der Waals surface area contributed by atoms with E-state index in [0.29, 0.717) is 11.6 Å². The largest absolute Gasteiger partial charge is 0.296 e. The van der Waals surface area contributed by atoms with Gasteiger partial charge in [0.15, 0.2) is 6.29 Å². The smallest absolute Gasteiger partial charge is 0.172 e. The van der Waals surface area contributed by atoms with Gasteiger partial charge in [-0.3, -0.25) is 4.79 Å². The summed E-state index contributed by atoms with van der Waals surface area (Å²) >= 11 is 0. The van der Waals surface area contributed by atoms with Crippen LogP contribution in [0.5, 0.6) is 0 Å². The van der Waals surface area contributed by atoms with Crippen molar-refractivity contribution in [1.82, 2.24) is 15.0 Å². The average Bonchev–Trinajstić information content (AvgIpc) is 2.80. The Kier molecular flexibility index (Phi) is 3.15. The standard InChI is InChI=1S/C15H17N3O/c1-2-11-6-8-13(9-7-11)18-15(12-4-3-5-12)14(10-19)16-17-18/h6-10,12H,2-5H2,1H3. The first kappa shape index (κ1) is 12.1. The van der Waals surface area contributed by atoms with Crippen molar-refractivity contribution in [2.24, 2.45) is 0 Å². The van der Waals surface area contributed by atoms with Gasteiger partial charge in [0.25, 0.3) is 0 Å². The molecule has 1 aromatic heterocycles.